The van der Waals surface area contributed by atoms with Gasteiger partial charge in [-0.05, 0) is 29.7 Å². The summed E-state index contributed by atoms with van der Waals surface area (Å²) in [6.45, 7) is 0.273. The van der Waals surface area contributed by atoms with Gasteiger partial charge in [0.05, 0.1) is 30.7 Å². The number of hydrogen-bond donors (Lipinski definition) is 1. The second-order valence-electron chi connectivity index (χ2n) is 6.94. The van der Waals surface area contributed by atoms with Gasteiger partial charge in [-0.25, -0.2) is 0 Å². The quantitative estimate of drug-likeness (QED) is 0.338. The number of nitro groups is 1. The Balaban J connectivity index is 2.22. The Morgan fingerprint density at radius 1 is 1.19 bits per heavy atom. The number of alkyl halides is 1. The van der Waals surface area contributed by atoms with Gasteiger partial charge in [-0.3, -0.25) is 19.7 Å². The van der Waals surface area contributed by atoms with Gasteiger partial charge in [0.2, 0.25) is 0 Å². The van der Waals surface area contributed by atoms with E-state index in [1.165, 1.54) is 31.3 Å². The van der Waals surface area contributed by atoms with E-state index in [-0.39, 0.29) is 23.4 Å². The molecule has 1 amide bonds. The van der Waals surface area contributed by atoms with Crippen LogP contribution in [0.25, 0.3) is 0 Å². The van der Waals surface area contributed by atoms with Crippen molar-refractivity contribution < 1.29 is 29.1 Å². The van der Waals surface area contributed by atoms with Crippen molar-refractivity contribution in [3.8, 4) is 11.5 Å². The molecule has 1 aliphatic rings. The minimum Gasteiger partial charge on any atom is -0.493 e. The first-order chi connectivity index (χ1) is 14.8. The summed E-state index contributed by atoms with van der Waals surface area (Å²) in [5.74, 6) is -1.81. The van der Waals surface area contributed by atoms with Gasteiger partial charge in [0, 0.05) is 24.0 Å². The van der Waals surface area contributed by atoms with Gasteiger partial charge in [-0.1, -0.05) is 28.1 Å². The van der Waals surface area contributed by atoms with E-state index >= 15 is 0 Å². The van der Waals surface area contributed by atoms with Crippen LogP contribution >= 0.6 is 15.9 Å². The maximum atomic E-state index is 13.4. The highest BCUT2D eigenvalue weighted by Crippen LogP contribution is 2.45. The van der Waals surface area contributed by atoms with Crippen molar-refractivity contribution >= 4 is 33.5 Å². The third kappa shape index (κ3) is 4.20. The second-order valence-corrected chi connectivity index (χ2v) is 7.74. The fourth-order valence-corrected chi connectivity index (χ4v) is 4.14. The van der Waals surface area contributed by atoms with Crippen LogP contribution in [-0.2, 0) is 4.79 Å². The predicted molar refractivity (Wildman–Crippen MR) is 115 cm³/mol. The minimum absolute atomic E-state index is 0.0351. The predicted octanol–water partition coefficient (Wildman–Crippen LogP) is 3.76. The molecule has 2 aromatic carbocycles. The number of carboxylic acids is 1. The number of carboxylic acid groups (broad SMARTS) is 1. The maximum Gasteiger partial charge on any atom is 0.313 e. The Kier molecular flexibility index (Phi) is 6.79. The van der Waals surface area contributed by atoms with E-state index in [1.807, 2.05) is 0 Å². The molecule has 1 aliphatic heterocycles. The maximum absolute atomic E-state index is 13.4. The van der Waals surface area contributed by atoms with Crippen LogP contribution in [0.1, 0.15) is 39.9 Å². The number of fused-ring (bicyclic) bond motifs is 1. The largest absolute Gasteiger partial charge is 0.493 e. The summed E-state index contributed by atoms with van der Waals surface area (Å²) >= 11 is 3.34. The first kappa shape index (κ1) is 22.5. The average molecular weight is 493 g/mol. The van der Waals surface area contributed by atoms with Crippen molar-refractivity contribution in [2.75, 3.05) is 26.1 Å². The summed E-state index contributed by atoms with van der Waals surface area (Å²) in [5.41, 5.74) is 0.587. The lowest BCUT2D eigenvalue weighted by atomic mass is 9.79. The van der Waals surface area contributed by atoms with Crippen LogP contribution in [0.5, 0.6) is 11.5 Å². The Morgan fingerprint density at radius 3 is 2.48 bits per heavy atom. The molecule has 0 aromatic heterocycles. The number of halogens is 1. The molecule has 0 unspecified atom stereocenters. The van der Waals surface area contributed by atoms with E-state index in [4.69, 9.17) is 9.47 Å². The van der Waals surface area contributed by atoms with Gasteiger partial charge < -0.3 is 19.5 Å². The van der Waals surface area contributed by atoms with E-state index < -0.39 is 28.8 Å². The van der Waals surface area contributed by atoms with Crippen LogP contribution in [0.3, 0.4) is 0 Å². The van der Waals surface area contributed by atoms with Crippen LogP contribution in [0, 0.1) is 10.1 Å². The molecule has 164 valence electrons. The molecule has 0 spiro atoms. The molecule has 9 nitrogen and oxygen atoms in total. The fraction of sp³-hybridized carbons (Fsp3) is 0.333. The van der Waals surface area contributed by atoms with Gasteiger partial charge in [-0.2, -0.15) is 0 Å². The van der Waals surface area contributed by atoms with E-state index in [0.29, 0.717) is 28.8 Å². The Morgan fingerprint density at radius 2 is 1.90 bits per heavy atom. The number of amides is 1. The monoisotopic (exact) mass is 492 g/mol. The normalized spacial score (nSPS) is 17.8. The molecule has 0 bridgehead atoms. The van der Waals surface area contributed by atoms with E-state index in [9.17, 15) is 24.8 Å². The molecule has 1 N–H and O–H groups in total. The van der Waals surface area contributed by atoms with Crippen LogP contribution in [-0.4, -0.2) is 52.9 Å². The lowest BCUT2D eigenvalue weighted by molar-refractivity contribution is -0.384. The van der Waals surface area contributed by atoms with Gasteiger partial charge >= 0.3 is 5.97 Å². The molecule has 3 rings (SSSR count). The summed E-state index contributed by atoms with van der Waals surface area (Å²) in [6.07, 6.45) is 0.576. The molecule has 10 heteroatoms. The molecule has 0 aliphatic carbocycles. The number of nitro benzene ring substituents is 1. The number of rotatable bonds is 8. The van der Waals surface area contributed by atoms with Crippen molar-refractivity contribution in [2.45, 2.75) is 18.4 Å². The SMILES string of the molecule is COc1ccc([C@@H]2[C@H](C(=O)O)c3ccc([N+](=O)[O-])cc3C(=O)N2CCCBr)cc1OC. The van der Waals surface area contributed by atoms with Crippen LogP contribution in [0.15, 0.2) is 36.4 Å². The van der Waals surface area contributed by atoms with E-state index in [2.05, 4.69) is 15.9 Å². The molecular weight excluding hydrogens is 472 g/mol. The third-order valence-corrected chi connectivity index (χ3v) is 5.83. The fourth-order valence-electron chi connectivity index (χ4n) is 3.89. The lowest BCUT2D eigenvalue weighted by Gasteiger charge is -2.41. The lowest BCUT2D eigenvalue weighted by Crippen LogP contribution is -2.45. The van der Waals surface area contributed by atoms with Gasteiger partial charge in [0.15, 0.2) is 11.5 Å². The summed E-state index contributed by atoms with van der Waals surface area (Å²) in [7, 11) is 2.96. The van der Waals surface area contributed by atoms with Crippen molar-refractivity contribution in [3.63, 3.8) is 0 Å². The highest BCUT2D eigenvalue weighted by Gasteiger charge is 2.45. The zero-order valence-electron chi connectivity index (χ0n) is 16.9. The first-order valence-electron chi connectivity index (χ1n) is 9.44. The smallest absolute Gasteiger partial charge is 0.313 e. The highest BCUT2D eigenvalue weighted by molar-refractivity contribution is 9.09. The topological polar surface area (TPSA) is 119 Å². The standard InChI is InChI=1S/C21H21BrN2O7/c1-30-16-7-4-12(10-17(16)31-2)19-18(21(26)27)14-6-5-13(24(28)29)11-15(14)20(25)23(19)9-3-8-22/h4-7,10-11,18-19H,3,8-9H2,1-2H3,(H,26,27)/t18-,19-/m1/s1. The van der Waals surface area contributed by atoms with Crippen molar-refractivity contribution in [3.05, 3.63) is 63.2 Å². The second kappa shape index (κ2) is 9.34. The molecule has 31 heavy (non-hydrogen) atoms. The first-order valence-corrected chi connectivity index (χ1v) is 10.6. The number of nitrogens with zero attached hydrogens (tertiary/aromatic N) is 2. The van der Waals surface area contributed by atoms with Crippen LogP contribution in [0.4, 0.5) is 5.69 Å². The molecule has 0 fully saturated rings. The van der Waals surface area contributed by atoms with Crippen LogP contribution < -0.4 is 9.47 Å². The Bertz CT molecular complexity index is 1030. The Labute approximate surface area is 186 Å². The van der Waals surface area contributed by atoms with E-state index in [0.717, 1.165) is 6.07 Å². The van der Waals surface area contributed by atoms with Crippen LogP contribution in [0.2, 0.25) is 0 Å². The number of aliphatic carboxylic acids is 1. The van der Waals surface area contributed by atoms with Crippen molar-refractivity contribution in [1.82, 2.24) is 4.90 Å². The van der Waals surface area contributed by atoms with Crippen molar-refractivity contribution in [1.29, 1.82) is 0 Å². The van der Waals surface area contributed by atoms with E-state index in [1.54, 1.807) is 18.2 Å². The minimum atomic E-state index is -1.13. The summed E-state index contributed by atoms with van der Waals surface area (Å²) in [6, 6.07) is 7.93. The van der Waals surface area contributed by atoms with Crippen molar-refractivity contribution in [2.24, 2.45) is 0 Å². The molecule has 1 heterocycles. The zero-order chi connectivity index (χ0) is 22.7. The third-order valence-electron chi connectivity index (χ3n) is 5.27. The molecule has 0 radical (unpaired) electrons. The molecule has 2 atom stereocenters. The number of methoxy groups -OCH3 is 2. The number of carbonyl (C=O) groups is 2. The van der Waals surface area contributed by atoms with Gasteiger partial charge in [0.1, 0.15) is 5.92 Å². The molecule has 0 saturated heterocycles. The summed E-state index contributed by atoms with van der Waals surface area (Å²) in [4.78, 5) is 37.8. The molecular formula is C21H21BrN2O7. The van der Waals surface area contributed by atoms with Gasteiger partial charge in [0.25, 0.3) is 11.6 Å². The van der Waals surface area contributed by atoms with Gasteiger partial charge in [-0.15, -0.1) is 0 Å². The highest BCUT2D eigenvalue weighted by atomic mass is 79.9. The molecule has 0 saturated carbocycles. The zero-order valence-corrected chi connectivity index (χ0v) is 18.5. The summed E-state index contributed by atoms with van der Waals surface area (Å²) < 4.78 is 10.6. The molecule has 2 aromatic rings. The number of carbonyl (C=O) groups excluding carboxylic acids is 1. The number of ether oxygens (including phenoxy) is 2. The Hall–Kier alpha value is -3.14. The number of hydrogen-bond acceptors (Lipinski definition) is 6. The average Bonchev–Trinajstić information content (AvgIpc) is 2.77. The summed E-state index contributed by atoms with van der Waals surface area (Å²) in [5, 5.41) is 21.9. The number of benzene rings is 2. The number of non-ortho nitro benzene ring substituents is 1.